The number of carbonyl (C=O) groups is 1. The molecule has 4 rings (SSSR count). The molecule has 0 unspecified atom stereocenters. The average Bonchev–Trinajstić information content (AvgIpc) is 2.79. The third-order valence-electron chi connectivity index (χ3n) is 5.45. The zero-order chi connectivity index (χ0) is 19.9. The normalized spacial score (nSPS) is 20.2. The number of hydrogen-bond acceptors (Lipinski definition) is 8. The number of piperidine rings is 1. The molecule has 4 heterocycles. The first-order valence-corrected chi connectivity index (χ1v) is 10.3. The molecule has 2 aliphatic rings. The van der Waals surface area contributed by atoms with E-state index >= 15 is 0 Å². The predicted molar refractivity (Wildman–Crippen MR) is 109 cm³/mol. The summed E-state index contributed by atoms with van der Waals surface area (Å²) in [4.78, 5) is 21.0. The summed E-state index contributed by atoms with van der Waals surface area (Å²) in [6.45, 7) is 4.18. The van der Waals surface area contributed by atoms with Crippen LogP contribution in [0.4, 0.5) is 11.6 Å². The van der Waals surface area contributed by atoms with Crippen molar-refractivity contribution in [3.8, 4) is 11.3 Å². The second-order valence-corrected chi connectivity index (χ2v) is 7.59. The first kappa shape index (κ1) is 19.7. The van der Waals surface area contributed by atoms with Crippen LogP contribution >= 0.6 is 0 Å². The van der Waals surface area contributed by atoms with Crippen molar-refractivity contribution in [2.45, 2.75) is 25.7 Å². The molecule has 9 nitrogen and oxygen atoms in total. The molecule has 0 aliphatic carbocycles. The fourth-order valence-corrected chi connectivity index (χ4v) is 3.68. The maximum absolute atomic E-state index is 12.5. The van der Waals surface area contributed by atoms with Crippen LogP contribution < -0.4 is 16.0 Å². The van der Waals surface area contributed by atoms with Crippen molar-refractivity contribution in [3.63, 3.8) is 0 Å². The Bertz CT molecular complexity index is 820. The lowest BCUT2D eigenvalue weighted by Gasteiger charge is -2.22. The number of rotatable bonds is 6. The summed E-state index contributed by atoms with van der Waals surface area (Å²) in [5.74, 6) is 1.77. The van der Waals surface area contributed by atoms with Crippen molar-refractivity contribution in [2.24, 2.45) is 11.8 Å². The molecule has 1 amide bonds. The maximum atomic E-state index is 12.5. The Balaban J connectivity index is 1.40. The van der Waals surface area contributed by atoms with Crippen LogP contribution in [0.2, 0.25) is 0 Å². The Hall–Kier alpha value is -2.65. The Morgan fingerprint density at radius 2 is 2.07 bits per heavy atom. The lowest BCUT2D eigenvalue weighted by molar-refractivity contribution is -0.120. The molecule has 0 radical (unpaired) electrons. The zero-order valence-electron chi connectivity index (χ0n) is 16.4. The Kier molecular flexibility index (Phi) is 6.58. The quantitative estimate of drug-likeness (QED) is 0.675. The van der Waals surface area contributed by atoms with Gasteiger partial charge in [0.15, 0.2) is 0 Å². The van der Waals surface area contributed by atoms with Gasteiger partial charge >= 0.3 is 0 Å². The van der Waals surface area contributed by atoms with Crippen molar-refractivity contribution < 1.29 is 9.53 Å². The van der Waals surface area contributed by atoms with E-state index in [1.54, 1.807) is 12.3 Å². The van der Waals surface area contributed by atoms with Gasteiger partial charge in [-0.1, -0.05) is 0 Å². The van der Waals surface area contributed by atoms with Crippen LogP contribution in [0.25, 0.3) is 11.3 Å². The number of carbonyl (C=O) groups excluding carboxylic acids is 1. The molecule has 2 fully saturated rings. The highest BCUT2D eigenvalue weighted by Gasteiger charge is 2.21. The molecule has 1 atom stereocenters. The van der Waals surface area contributed by atoms with Crippen molar-refractivity contribution in [1.82, 2.24) is 25.5 Å². The van der Waals surface area contributed by atoms with Crippen LogP contribution in [0.3, 0.4) is 0 Å². The van der Waals surface area contributed by atoms with Gasteiger partial charge in [-0.05, 0) is 44.2 Å². The van der Waals surface area contributed by atoms with Gasteiger partial charge in [-0.25, -0.2) is 9.97 Å². The highest BCUT2D eigenvalue weighted by Crippen LogP contribution is 2.22. The summed E-state index contributed by atoms with van der Waals surface area (Å²) in [6, 6.07) is 3.69. The molecule has 154 valence electrons. The minimum absolute atomic E-state index is 0.00600. The molecular weight excluding hydrogens is 370 g/mol. The van der Waals surface area contributed by atoms with E-state index in [-0.39, 0.29) is 11.8 Å². The van der Waals surface area contributed by atoms with E-state index in [4.69, 9.17) is 4.74 Å². The fraction of sp³-hybridized carbons (Fsp3) is 0.550. The second-order valence-electron chi connectivity index (χ2n) is 7.59. The topological polar surface area (TPSA) is 114 Å². The number of nitrogens with zero attached hydrogens (tertiary/aromatic N) is 4. The highest BCUT2D eigenvalue weighted by atomic mass is 16.5. The van der Waals surface area contributed by atoms with Crippen LogP contribution in [-0.4, -0.2) is 58.9 Å². The lowest BCUT2D eigenvalue weighted by atomic mass is 9.99. The molecule has 0 spiro atoms. The largest absolute Gasteiger partial charge is 0.381 e. The van der Waals surface area contributed by atoms with Gasteiger partial charge in [0, 0.05) is 37.9 Å². The van der Waals surface area contributed by atoms with Crippen LogP contribution in [0.5, 0.6) is 0 Å². The molecule has 0 saturated carbocycles. The van der Waals surface area contributed by atoms with Gasteiger partial charge in [-0.15, -0.1) is 5.10 Å². The first-order valence-electron chi connectivity index (χ1n) is 10.3. The van der Waals surface area contributed by atoms with E-state index in [1.165, 1.54) is 6.33 Å². The van der Waals surface area contributed by atoms with Gasteiger partial charge in [0.25, 0.3) is 0 Å². The van der Waals surface area contributed by atoms with Crippen LogP contribution in [0.1, 0.15) is 25.7 Å². The molecule has 2 saturated heterocycles. The average molecular weight is 397 g/mol. The van der Waals surface area contributed by atoms with Gasteiger partial charge in [0.2, 0.25) is 5.91 Å². The number of anilines is 2. The second kappa shape index (κ2) is 9.71. The summed E-state index contributed by atoms with van der Waals surface area (Å²) in [5.41, 5.74) is 1.52. The Labute approximate surface area is 170 Å². The molecule has 0 bridgehead atoms. The molecule has 2 aromatic heterocycles. The van der Waals surface area contributed by atoms with Crippen molar-refractivity contribution >= 4 is 17.5 Å². The number of ether oxygens (including phenoxy) is 1. The van der Waals surface area contributed by atoms with E-state index in [2.05, 4.69) is 36.1 Å². The van der Waals surface area contributed by atoms with Crippen molar-refractivity contribution in [3.05, 3.63) is 24.7 Å². The lowest BCUT2D eigenvalue weighted by Crippen LogP contribution is -2.37. The third kappa shape index (κ3) is 5.45. The predicted octanol–water partition coefficient (Wildman–Crippen LogP) is 1.71. The summed E-state index contributed by atoms with van der Waals surface area (Å²) in [7, 11) is 0. The first-order chi connectivity index (χ1) is 14.3. The SMILES string of the molecule is O=C(Nc1cc(-c2cnnc(NCC3CCOCC3)c2)ncn1)[C@@H]1CCCNC1. The summed E-state index contributed by atoms with van der Waals surface area (Å²) in [5, 5.41) is 17.8. The zero-order valence-corrected chi connectivity index (χ0v) is 16.4. The van der Waals surface area contributed by atoms with Gasteiger partial charge < -0.3 is 20.7 Å². The van der Waals surface area contributed by atoms with Crippen molar-refractivity contribution in [2.75, 3.05) is 43.5 Å². The Morgan fingerprint density at radius 1 is 1.17 bits per heavy atom. The van der Waals surface area contributed by atoms with E-state index in [9.17, 15) is 4.79 Å². The number of aromatic nitrogens is 4. The molecule has 2 aliphatic heterocycles. The Morgan fingerprint density at radius 3 is 2.90 bits per heavy atom. The van der Waals surface area contributed by atoms with Crippen LogP contribution in [0.15, 0.2) is 24.7 Å². The summed E-state index contributed by atoms with van der Waals surface area (Å²) >= 11 is 0. The van der Waals surface area contributed by atoms with Gasteiger partial charge in [-0.3, -0.25) is 4.79 Å². The molecule has 9 heteroatoms. The van der Waals surface area contributed by atoms with Crippen LogP contribution in [-0.2, 0) is 9.53 Å². The highest BCUT2D eigenvalue weighted by molar-refractivity contribution is 5.92. The third-order valence-corrected chi connectivity index (χ3v) is 5.45. The fourth-order valence-electron chi connectivity index (χ4n) is 3.68. The van der Waals surface area contributed by atoms with E-state index in [0.717, 1.165) is 57.6 Å². The van der Waals surface area contributed by atoms with Gasteiger partial charge in [0.05, 0.1) is 17.8 Å². The van der Waals surface area contributed by atoms with E-state index < -0.39 is 0 Å². The van der Waals surface area contributed by atoms with E-state index in [1.807, 2.05) is 6.07 Å². The molecule has 0 aromatic carbocycles. The molecule has 3 N–H and O–H groups in total. The van der Waals surface area contributed by atoms with Crippen LogP contribution in [0, 0.1) is 11.8 Å². The summed E-state index contributed by atoms with van der Waals surface area (Å²) in [6.07, 6.45) is 7.15. The van der Waals surface area contributed by atoms with Gasteiger partial charge in [-0.2, -0.15) is 5.10 Å². The number of nitrogens with one attached hydrogen (secondary N) is 3. The standard InChI is InChI=1S/C20H27N7O2/c28-20(15-2-1-5-21-11-15)26-18-9-17(23-13-24-18)16-8-19(27-25-12-16)22-10-14-3-6-29-7-4-14/h8-9,12-15,21H,1-7,10-11H2,(H,22,27)(H,23,24,26,28)/t15-/m1/s1. The number of hydrogen-bond donors (Lipinski definition) is 3. The number of amides is 1. The van der Waals surface area contributed by atoms with Gasteiger partial charge in [0.1, 0.15) is 18.0 Å². The molecular formula is C20H27N7O2. The molecule has 29 heavy (non-hydrogen) atoms. The smallest absolute Gasteiger partial charge is 0.229 e. The monoisotopic (exact) mass is 397 g/mol. The molecule has 2 aromatic rings. The maximum Gasteiger partial charge on any atom is 0.229 e. The van der Waals surface area contributed by atoms with Crippen molar-refractivity contribution in [1.29, 1.82) is 0 Å². The summed E-state index contributed by atoms with van der Waals surface area (Å²) < 4.78 is 5.40. The minimum atomic E-state index is -0.0225. The minimum Gasteiger partial charge on any atom is -0.381 e. The van der Waals surface area contributed by atoms with E-state index in [0.29, 0.717) is 29.8 Å².